The first-order valence-electron chi connectivity index (χ1n) is 6.51. The fourth-order valence-corrected chi connectivity index (χ4v) is 2.06. The van der Waals surface area contributed by atoms with Gasteiger partial charge >= 0.3 is 0 Å². The molecule has 1 aliphatic rings. The summed E-state index contributed by atoms with van der Waals surface area (Å²) in [7, 11) is 1.41. The lowest BCUT2D eigenvalue weighted by Gasteiger charge is -2.41. The van der Waals surface area contributed by atoms with Crippen LogP contribution < -0.4 is 10.1 Å². The molecule has 2 heterocycles. The third-order valence-electron chi connectivity index (χ3n) is 3.49. The van der Waals surface area contributed by atoms with Crippen LogP contribution in [0.25, 0.3) is 0 Å². The molecule has 0 radical (unpaired) electrons. The number of aliphatic hydroxyl groups is 2. The van der Waals surface area contributed by atoms with E-state index in [0.717, 1.165) is 0 Å². The first-order chi connectivity index (χ1) is 10.4. The smallest absolute Gasteiger partial charge is 0.227 e. The Morgan fingerprint density at radius 1 is 1.55 bits per heavy atom. The van der Waals surface area contributed by atoms with Gasteiger partial charge in [-0.25, -0.2) is 4.98 Å². The van der Waals surface area contributed by atoms with Gasteiger partial charge in [0, 0.05) is 6.07 Å². The van der Waals surface area contributed by atoms with Crippen LogP contribution in [0.5, 0.6) is 5.88 Å². The number of terminal acetylenes is 1. The number of methoxy groups -OCH3 is 1. The highest BCUT2D eigenvalue weighted by Gasteiger charge is 2.45. The van der Waals surface area contributed by atoms with E-state index in [1.165, 1.54) is 20.1 Å². The van der Waals surface area contributed by atoms with E-state index in [9.17, 15) is 10.2 Å². The van der Waals surface area contributed by atoms with Gasteiger partial charge in [0.05, 0.1) is 19.8 Å². The molecule has 0 amide bonds. The number of hydrogen-bond donors (Lipinski definition) is 3. The van der Waals surface area contributed by atoms with E-state index >= 15 is 0 Å². The van der Waals surface area contributed by atoms with Gasteiger partial charge < -0.3 is 25.0 Å². The average molecular weight is 304 g/mol. The number of aromatic nitrogens is 2. The molecule has 8 heteroatoms. The number of nitrogens with zero attached hydrogens (tertiary/aromatic N) is 3. The molecule has 4 atom stereocenters. The SMILES string of the molecule is C#C[C@]1(C)OC[C@H](Nc2nc(C#N)cc(OC)n2)[C@@H](O)[C@H]1O. The lowest BCUT2D eigenvalue weighted by atomic mass is 9.88. The fraction of sp³-hybridized carbons (Fsp3) is 0.500. The quantitative estimate of drug-likeness (QED) is 0.626. The molecular weight excluding hydrogens is 288 g/mol. The highest BCUT2D eigenvalue weighted by Crippen LogP contribution is 2.26. The molecule has 0 bridgehead atoms. The third-order valence-corrected chi connectivity index (χ3v) is 3.49. The van der Waals surface area contributed by atoms with Crippen molar-refractivity contribution >= 4 is 5.95 Å². The van der Waals surface area contributed by atoms with Gasteiger partial charge in [-0.3, -0.25) is 0 Å². The van der Waals surface area contributed by atoms with Gasteiger partial charge in [0.25, 0.3) is 0 Å². The van der Waals surface area contributed by atoms with Crippen molar-refractivity contribution in [2.75, 3.05) is 19.0 Å². The minimum atomic E-state index is -1.27. The molecule has 0 aliphatic carbocycles. The number of nitrogens with one attached hydrogen (secondary N) is 1. The van der Waals surface area contributed by atoms with Crippen LogP contribution in [0.4, 0.5) is 5.95 Å². The van der Waals surface area contributed by atoms with Crippen LogP contribution in [-0.2, 0) is 4.74 Å². The lowest BCUT2D eigenvalue weighted by molar-refractivity contribution is -0.166. The molecule has 0 unspecified atom stereocenters. The van der Waals surface area contributed by atoms with Gasteiger partial charge in [0.1, 0.15) is 24.0 Å². The largest absolute Gasteiger partial charge is 0.481 e. The van der Waals surface area contributed by atoms with Gasteiger partial charge in [-0.15, -0.1) is 6.42 Å². The Kier molecular flexibility index (Phi) is 4.48. The third kappa shape index (κ3) is 2.95. The van der Waals surface area contributed by atoms with Crippen LogP contribution in [0.1, 0.15) is 12.6 Å². The highest BCUT2D eigenvalue weighted by molar-refractivity contribution is 5.37. The Bertz CT molecular complexity index is 639. The van der Waals surface area contributed by atoms with Crippen LogP contribution in [0, 0.1) is 23.7 Å². The zero-order valence-corrected chi connectivity index (χ0v) is 12.1. The van der Waals surface area contributed by atoms with Crippen molar-refractivity contribution in [3.63, 3.8) is 0 Å². The number of anilines is 1. The summed E-state index contributed by atoms with van der Waals surface area (Å²) in [5.74, 6) is 2.61. The Morgan fingerprint density at radius 2 is 2.27 bits per heavy atom. The molecule has 116 valence electrons. The molecule has 8 nitrogen and oxygen atoms in total. The second-order valence-corrected chi connectivity index (χ2v) is 4.98. The van der Waals surface area contributed by atoms with Gasteiger partial charge in [0.15, 0.2) is 5.60 Å². The summed E-state index contributed by atoms with van der Waals surface area (Å²) >= 11 is 0. The maximum atomic E-state index is 10.2. The summed E-state index contributed by atoms with van der Waals surface area (Å²) in [5.41, 5.74) is -1.15. The first-order valence-corrected chi connectivity index (χ1v) is 6.51. The number of nitriles is 1. The topological polar surface area (TPSA) is 121 Å². The van der Waals surface area contributed by atoms with Crippen molar-refractivity contribution in [2.24, 2.45) is 0 Å². The molecule has 1 aromatic heterocycles. The molecule has 3 N–H and O–H groups in total. The van der Waals surface area contributed by atoms with E-state index in [4.69, 9.17) is 21.2 Å². The van der Waals surface area contributed by atoms with Crippen molar-refractivity contribution < 1.29 is 19.7 Å². The molecule has 1 aliphatic heterocycles. The first kappa shape index (κ1) is 16.0. The standard InChI is InChI=1S/C14H16N4O4/c1-4-14(2)12(20)11(19)9(7-22-14)17-13-16-8(6-15)5-10(18-13)21-3/h1,5,9,11-12,19-20H,7H2,2-3H3,(H,16,17,18)/t9-,11+,12+,14-/m0/s1. The van der Waals surface area contributed by atoms with Crippen LogP contribution in [-0.4, -0.2) is 57.7 Å². The predicted octanol–water partition coefficient (Wildman–Crippen LogP) is -0.719. The summed E-state index contributed by atoms with van der Waals surface area (Å²) in [5, 5.41) is 32.0. The fourth-order valence-electron chi connectivity index (χ4n) is 2.06. The predicted molar refractivity (Wildman–Crippen MR) is 75.9 cm³/mol. The van der Waals surface area contributed by atoms with E-state index in [2.05, 4.69) is 21.2 Å². The summed E-state index contributed by atoms with van der Waals surface area (Å²) < 4.78 is 10.4. The van der Waals surface area contributed by atoms with E-state index < -0.39 is 23.9 Å². The molecule has 1 aromatic rings. The Morgan fingerprint density at radius 3 is 2.86 bits per heavy atom. The van der Waals surface area contributed by atoms with E-state index in [0.29, 0.717) is 0 Å². The van der Waals surface area contributed by atoms with Crippen LogP contribution in [0.3, 0.4) is 0 Å². The Balaban J connectivity index is 2.19. The average Bonchev–Trinajstić information content (AvgIpc) is 2.55. The zero-order valence-electron chi connectivity index (χ0n) is 12.1. The van der Waals surface area contributed by atoms with E-state index in [1.807, 2.05) is 6.07 Å². The van der Waals surface area contributed by atoms with E-state index in [1.54, 1.807) is 0 Å². The summed E-state index contributed by atoms with van der Waals surface area (Å²) in [6.45, 7) is 1.56. The molecule has 1 fully saturated rings. The van der Waals surface area contributed by atoms with Crippen molar-refractivity contribution in [1.29, 1.82) is 5.26 Å². The van der Waals surface area contributed by atoms with Crippen molar-refractivity contribution in [1.82, 2.24) is 9.97 Å². The number of rotatable bonds is 3. The zero-order chi connectivity index (χ0) is 16.3. The Hall–Kier alpha value is -2.39. The maximum Gasteiger partial charge on any atom is 0.227 e. The van der Waals surface area contributed by atoms with Crippen LogP contribution >= 0.6 is 0 Å². The number of aliphatic hydroxyl groups excluding tert-OH is 2. The number of hydrogen-bond acceptors (Lipinski definition) is 8. The van der Waals surface area contributed by atoms with Gasteiger partial charge in [-0.05, 0) is 6.92 Å². The molecule has 22 heavy (non-hydrogen) atoms. The molecule has 0 aromatic carbocycles. The van der Waals surface area contributed by atoms with Crippen LogP contribution in [0.2, 0.25) is 0 Å². The van der Waals surface area contributed by atoms with Crippen molar-refractivity contribution in [3.8, 4) is 24.3 Å². The molecule has 1 saturated heterocycles. The molecule has 0 saturated carbocycles. The second-order valence-electron chi connectivity index (χ2n) is 4.98. The second kappa shape index (κ2) is 6.16. The normalized spacial score (nSPS) is 30.9. The summed E-state index contributed by atoms with van der Waals surface area (Å²) in [6.07, 6.45) is 2.86. The molecular formula is C14H16N4O4. The maximum absolute atomic E-state index is 10.2. The van der Waals surface area contributed by atoms with Crippen molar-refractivity contribution in [2.45, 2.75) is 30.8 Å². The highest BCUT2D eigenvalue weighted by atomic mass is 16.5. The van der Waals surface area contributed by atoms with Gasteiger partial charge in [-0.1, -0.05) is 5.92 Å². The van der Waals surface area contributed by atoms with Gasteiger partial charge in [0.2, 0.25) is 11.8 Å². The minimum Gasteiger partial charge on any atom is -0.481 e. The van der Waals surface area contributed by atoms with Gasteiger partial charge in [-0.2, -0.15) is 10.2 Å². The summed E-state index contributed by atoms with van der Waals surface area (Å²) in [4.78, 5) is 7.98. The van der Waals surface area contributed by atoms with Crippen molar-refractivity contribution in [3.05, 3.63) is 11.8 Å². The Labute approximate surface area is 127 Å². The minimum absolute atomic E-state index is 0.0430. The van der Waals surface area contributed by atoms with E-state index in [-0.39, 0.29) is 24.1 Å². The summed E-state index contributed by atoms with van der Waals surface area (Å²) in [6, 6.07) is 2.57. The van der Waals surface area contributed by atoms with Crippen LogP contribution in [0.15, 0.2) is 6.07 Å². The molecule has 2 rings (SSSR count). The monoisotopic (exact) mass is 304 g/mol. The molecule has 0 spiro atoms. The lowest BCUT2D eigenvalue weighted by Crippen LogP contribution is -2.60. The number of ether oxygens (including phenoxy) is 2.